The van der Waals surface area contributed by atoms with Crippen molar-refractivity contribution in [1.29, 1.82) is 0 Å². The van der Waals surface area contributed by atoms with E-state index in [0.717, 1.165) is 18.2 Å². The van der Waals surface area contributed by atoms with Crippen molar-refractivity contribution in [1.82, 2.24) is 9.97 Å². The summed E-state index contributed by atoms with van der Waals surface area (Å²) in [5.41, 5.74) is 3.68. The zero-order valence-corrected chi connectivity index (χ0v) is 21.4. The lowest BCUT2D eigenvalue weighted by atomic mass is 10.2. The van der Waals surface area contributed by atoms with Gasteiger partial charge in [-0.05, 0) is 83.9 Å². The van der Waals surface area contributed by atoms with Crippen LogP contribution in [0.15, 0.2) is 97.6 Å². The second-order valence-electron chi connectivity index (χ2n) is 7.35. The molecule has 0 radical (unpaired) electrons. The van der Waals surface area contributed by atoms with Crippen LogP contribution in [-0.4, -0.2) is 44.2 Å². The minimum Gasteiger partial charge on any atom is -0.508 e. The second-order valence-corrected chi connectivity index (χ2v) is 7.35. The van der Waals surface area contributed by atoms with Crippen molar-refractivity contribution in [2.45, 2.75) is 13.8 Å². The zero-order chi connectivity index (χ0) is 28.2. The molecule has 0 aliphatic rings. The van der Waals surface area contributed by atoms with E-state index in [-0.39, 0.29) is 23.3 Å². The van der Waals surface area contributed by atoms with Crippen molar-refractivity contribution < 1.29 is 24.9 Å². The molecule has 198 valence electrons. The van der Waals surface area contributed by atoms with Gasteiger partial charge < -0.3 is 26.0 Å². The van der Waals surface area contributed by atoms with Gasteiger partial charge in [-0.15, -0.1) is 0 Å². The van der Waals surface area contributed by atoms with Gasteiger partial charge in [-0.3, -0.25) is 19.6 Å². The van der Waals surface area contributed by atoms with E-state index in [1.807, 2.05) is 24.3 Å². The summed E-state index contributed by atoms with van der Waals surface area (Å²) in [4.78, 5) is 29.0. The number of phenols is 2. The molecule has 4 aromatic rings. The maximum Gasteiger partial charge on any atom is 0.221 e. The Morgan fingerprint density at radius 3 is 1.13 bits per heavy atom. The molecular weight excluding hydrogens is 484 g/mol. The minimum absolute atomic E-state index is 0.115. The second kappa shape index (κ2) is 18.3. The molecule has 2 aromatic carbocycles. The summed E-state index contributed by atoms with van der Waals surface area (Å²) in [5.74, 6) is 0.157. The Labute approximate surface area is 222 Å². The number of benzene rings is 2. The number of aromatic nitrogens is 2. The molecule has 0 fully saturated rings. The Balaban J connectivity index is 0.000000279. The van der Waals surface area contributed by atoms with Gasteiger partial charge in [-0.2, -0.15) is 0 Å². The van der Waals surface area contributed by atoms with Crippen LogP contribution in [0.4, 0.5) is 11.4 Å². The molecule has 4 rings (SSSR count). The van der Waals surface area contributed by atoms with E-state index in [4.69, 9.17) is 15.3 Å². The number of carbonyl (C=O) groups is 2. The average molecular weight is 517 g/mol. The third-order valence-electron chi connectivity index (χ3n) is 4.26. The number of hydrogen-bond acceptors (Lipinski definition) is 7. The lowest BCUT2D eigenvalue weighted by molar-refractivity contribution is -0.115. The van der Waals surface area contributed by atoms with Crippen molar-refractivity contribution in [2.75, 3.05) is 17.7 Å². The van der Waals surface area contributed by atoms with Crippen LogP contribution in [0.3, 0.4) is 0 Å². The molecule has 5 N–H and O–H groups in total. The van der Waals surface area contributed by atoms with Gasteiger partial charge in [0.05, 0.1) is 0 Å². The Kier molecular flexibility index (Phi) is 14.9. The third kappa shape index (κ3) is 14.4. The lowest BCUT2D eigenvalue weighted by Gasteiger charge is -1.99. The monoisotopic (exact) mass is 516 g/mol. The van der Waals surface area contributed by atoms with Crippen LogP contribution in [0.1, 0.15) is 25.0 Å². The number of hydrogen-bond donors (Lipinski definition) is 5. The van der Waals surface area contributed by atoms with Crippen LogP contribution in [0, 0.1) is 0 Å². The Morgan fingerprint density at radius 2 is 0.868 bits per heavy atom. The number of aromatic hydroxyl groups is 2. The van der Waals surface area contributed by atoms with Crippen LogP contribution < -0.4 is 10.6 Å². The summed E-state index contributed by atoms with van der Waals surface area (Å²) in [6.45, 7) is 2.87. The first-order valence-electron chi connectivity index (χ1n) is 11.4. The number of amides is 2. The minimum atomic E-state index is -0.115. The van der Waals surface area contributed by atoms with Gasteiger partial charge in [0.2, 0.25) is 11.8 Å². The molecule has 0 bridgehead atoms. The highest BCUT2D eigenvalue weighted by atomic mass is 16.3. The maximum absolute atomic E-state index is 10.5. The molecule has 9 heteroatoms. The quantitative estimate of drug-likeness (QED) is 0.241. The molecule has 38 heavy (non-hydrogen) atoms. The van der Waals surface area contributed by atoms with E-state index in [1.165, 1.54) is 38.1 Å². The number of nitrogens with zero attached hydrogens (tertiary/aromatic N) is 2. The normalized spacial score (nSPS) is 9.37. The van der Waals surface area contributed by atoms with E-state index in [1.54, 1.807) is 49.1 Å². The number of aliphatic hydroxyl groups is 1. The number of carbonyl (C=O) groups excluding carboxylic acids is 2. The lowest BCUT2D eigenvalue weighted by Crippen LogP contribution is -2.04. The highest BCUT2D eigenvalue weighted by molar-refractivity contribution is 5.89. The Hall–Kier alpha value is -5.02. The molecule has 0 saturated carbocycles. The average Bonchev–Trinajstić information content (AvgIpc) is 2.93. The topological polar surface area (TPSA) is 145 Å². The Bertz CT molecular complexity index is 1130. The predicted octanol–water partition coefficient (Wildman–Crippen LogP) is 4.96. The maximum atomic E-state index is 10.5. The number of aliphatic hydroxyl groups excluding tert-OH is 1. The molecular formula is C29H32N4O5. The van der Waals surface area contributed by atoms with Crippen molar-refractivity contribution in [2.24, 2.45) is 0 Å². The van der Waals surface area contributed by atoms with Gasteiger partial charge >= 0.3 is 0 Å². The third-order valence-corrected chi connectivity index (χ3v) is 4.26. The number of rotatable bonds is 4. The summed E-state index contributed by atoms with van der Waals surface area (Å²) < 4.78 is 0. The highest BCUT2D eigenvalue weighted by Crippen LogP contribution is 2.14. The summed E-state index contributed by atoms with van der Waals surface area (Å²) in [5, 5.41) is 29.9. The number of pyridine rings is 2. The van der Waals surface area contributed by atoms with Gasteiger partial charge in [0.1, 0.15) is 11.5 Å². The standard InChI is InChI=1S/C12H10N2.2C8H9NO2.CH4O/c1(11-3-7-13-8-4-11)2-12-5-9-14-10-6-12;2*1-6(10)9-7-2-4-8(11)5-3-7;1-2/h1-10H;2*2-5,11H,1H3,(H,9,10);2H,1H3/b2-1+;;;. The molecule has 9 nitrogen and oxygen atoms in total. The summed E-state index contributed by atoms with van der Waals surface area (Å²) in [6, 6.07) is 20.5. The summed E-state index contributed by atoms with van der Waals surface area (Å²) in [6.07, 6.45) is 11.2. The van der Waals surface area contributed by atoms with Crippen LogP contribution in [0.2, 0.25) is 0 Å². The van der Waals surface area contributed by atoms with Crippen LogP contribution >= 0.6 is 0 Å². The van der Waals surface area contributed by atoms with E-state index < -0.39 is 0 Å². The van der Waals surface area contributed by atoms with Gasteiger partial charge in [-0.1, -0.05) is 12.2 Å². The van der Waals surface area contributed by atoms with Gasteiger partial charge in [0.25, 0.3) is 0 Å². The van der Waals surface area contributed by atoms with Crippen molar-refractivity contribution in [3.8, 4) is 11.5 Å². The van der Waals surface area contributed by atoms with Gasteiger partial charge in [-0.25, -0.2) is 0 Å². The summed E-state index contributed by atoms with van der Waals surface area (Å²) >= 11 is 0. The van der Waals surface area contributed by atoms with E-state index in [9.17, 15) is 9.59 Å². The number of nitrogens with one attached hydrogen (secondary N) is 2. The zero-order valence-electron chi connectivity index (χ0n) is 21.4. The summed E-state index contributed by atoms with van der Waals surface area (Å²) in [7, 11) is 1.00. The first-order valence-corrected chi connectivity index (χ1v) is 11.4. The fraction of sp³-hybridized carbons (Fsp3) is 0.103. The predicted molar refractivity (Wildman–Crippen MR) is 150 cm³/mol. The van der Waals surface area contributed by atoms with Crippen molar-refractivity contribution >= 4 is 35.3 Å². The largest absolute Gasteiger partial charge is 0.508 e. The number of anilines is 2. The van der Waals surface area contributed by atoms with Crippen LogP contribution in [0.5, 0.6) is 11.5 Å². The molecule has 2 heterocycles. The van der Waals surface area contributed by atoms with E-state index >= 15 is 0 Å². The SMILES string of the molecule is C(=C\c1ccncc1)/c1ccncc1.CC(=O)Nc1ccc(O)cc1.CC(=O)Nc1ccc(O)cc1.CO. The molecule has 0 atom stereocenters. The molecule has 2 aromatic heterocycles. The molecule has 0 aliphatic carbocycles. The highest BCUT2D eigenvalue weighted by Gasteiger charge is 1.94. The fourth-order valence-electron chi connectivity index (χ4n) is 2.64. The molecule has 0 aliphatic heterocycles. The molecule has 0 unspecified atom stereocenters. The van der Waals surface area contributed by atoms with E-state index in [0.29, 0.717) is 11.4 Å². The van der Waals surface area contributed by atoms with Crippen molar-refractivity contribution in [3.05, 3.63) is 109 Å². The van der Waals surface area contributed by atoms with Crippen LogP contribution in [0.25, 0.3) is 12.2 Å². The Morgan fingerprint density at radius 1 is 0.579 bits per heavy atom. The molecule has 2 amide bonds. The van der Waals surface area contributed by atoms with Crippen molar-refractivity contribution in [3.63, 3.8) is 0 Å². The fourth-order valence-corrected chi connectivity index (χ4v) is 2.64. The first-order chi connectivity index (χ1) is 18.3. The first kappa shape index (κ1) is 31.0. The number of phenolic OH excluding ortho intramolecular Hbond substituents is 2. The smallest absolute Gasteiger partial charge is 0.221 e. The van der Waals surface area contributed by atoms with Gasteiger partial charge in [0.15, 0.2) is 0 Å². The van der Waals surface area contributed by atoms with Gasteiger partial charge in [0, 0.05) is 57.1 Å². The van der Waals surface area contributed by atoms with E-state index in [2.05, 4.69) is 32.8 Å². The molecule has 0 spiro atoms. The van der Waals surface area contributed by atoms with Crippen LogP contribution in [-0.2, 0) is 9.59 Å². The molecule has 0 saturated heterocycles.